The van der Waals surface area contributed by atoms with Crippen LogP contribution in [0, 0.1) is 0 Å². The van der Waals surface area contributed by atoms with Crippen LogP contribution in [0.2, 0.25) is 5.02 Å². The van der Waals surface area contributed by atoms with Crippen molar-refractivity contribution in [2.45, 2.75) is 18.9 Å². The second-order valence-electron chi connectivity index (χ2n) is 7.56. The van der Waals surface area contributed by atoms with Gasteiger partial charge in [0.25, 0.3) is 18.2 Å². The molecule has 0 unspecified atom stereocenters. The Bertz CT molecular complexity index is 1290. The van der Waals surface area contributed by atoms with Gasteiger partial charge in [-0.3, -0.25) is 4.79 Å². The van der Waals surface area contributed by atoms with Gasteiger partial charge in [0, 0.05) is 18.5 Å². The monoisotopic (exact) mass is 486 g/mol. The molecule has 0 spiro atoms. The van der Waals surface area contributed by atoms with Crippen LogP contribution in [-0.2, 0) is 9.84 Å². The summed E-state index contributed by atoms with van der Waals surface area (Å²) in [6.45, 7) is 0.804. The van der Waals surface area contributed by atoms with Crippen LogP contribution in [0.5, 0.6) is 17.4 Å². The van der Waals surface area contributed by atoms with Crippen LogP contribution in [0.4, 0.5) is 8.78 Å². The van der Waals surface area contributed by atoms with Gasteiger partial charge in [0.1, 0.15) is 23.7 Å². The predicted octanol–water partition coefficient (Wildman–Crippen LogP) is 2.74. The molecule has 4 heterocycles. The van der Waals surface area contributed by atoms with Crippen molar-refractivity contribution in [1.82, 2.24) is 19.7 Å². The Morgan fingerprint density at radius 3 is 2.78 bits per heavy atom. The van der Waals surface area contributed by atoms with E-state index in [-0.39, 0.29) is 39.6 Å². The number of hydrogen-bond donors (Lipinski definition) is 1. The molecule has 0 radical (unpaired) electrons. The molecule has 0 atom stereocenters. The van der Waals surface area contributed by atoms with E-state index in [0.717, 1.165) is 0 Å². The quantitative estimate of drug-likeness (QED) is 0.546. The first kappa shape index (κ1) is 22.2. The molecule has 1 aliphatic rings. The molecule has 3 aromatic heterocycles. The van der Waals surface area contributed by atoms with E-state index in [1.165, 1.54) is 29.1 Å². The van der Waals surface area contributed by atoms with Crippen LogP contribution in [0.15, 0.2) is 36.8 Å². The maximum atomic E-state index is 12.5. The molecule has 0 aliphatic carbocycles. The van der Waals surface area contributed by atoms with Crippen molar-refractivity contribution in [1.29, 1.82) is 0 Å². The number of ether oxygens (including phenoxy) is 2. The Morgan fingerprint density at radius 2 is 2.09 bits per heavy atom. The number of alkyl halides is 2. The highest BCUT2D eigenvalue weighted by atomic mass is 35.5. The first-order valence-electron chi connectivity index (χ1n) is 9.28. The lowest BCUT2D eigenvalue weighted by atomic mass is 10.1. The van der Waals surface area contributed by atoms with Gasteiger partial charge in [-0.2, -0.15) is 0 Å². The van der Waals surface area contributed by atoms with Gasteiger partial charge in [-0.1, -0.05) is 11.6 Å². The molecule has 13 heteroatoms. The van der Waals surface area contributed by atoms with Gasteiger partial charge in [0.2, 0.25) is 0 Å². The molecule has 1 aliphatic heterocycles. The number of rotatable bonds is 7. The van der Waals surface area contributed by atoms with Gasteiger partial charge in [0.15, 0.2) is 15.6 Å². The summed E-state index contributed by atoms with van der Waals surface area (Å²) in [6, 6.07) is 4.44. The lowest BCUT2D eigenvalue weighted by Gasteiger charge is -2.38. The van der Waals surface area contributed by atoms with E-state index in [9.17, 15) is 22.0 Å². The Hall–Kier alpha value is -2.99. The Kier molecular flexibility index (Phi) is 5.67. The largest absolute Gasteiger partial charge is 0.482 e. The molecule has 0 aromatic carbocycles. The van der Waals surface area contributed by atoms with Crippen molar-refractivity contribution in [3.8, 4) is 17.4 Å². The van der Waals surface area contributed by atoms with Crippen LogP contribution >= 0.6 is 11.6 Å². The molecule has 32 heavy (non-hydrogen) atoms. The Labute approximate surface area is 186 Å². The minimum Gasteiger partial charge on any atom is -0.482 e. The average Bonchev–Trinajstić information content (AvgIpc) is 3.10. The number of nitrogens with zero attached hydrogens (tertiary/aromatic N) is 3. The number of amides is 1. The van der Waals surface area contributed by atoms with Crippen LogP contribution in [0.3, 0.4) is 0 Å². The lowest BCUT2D eigenvalue weighted by Crippen LogP contribution is -2.63. The van der Waals surface area contributed by atoms with Gasteiger partial charge >= 0.3 is 0 Å². The third kappa shape index (κ3) is 4.91. The fourth-order valence-electron chi connectivity index (χ4n) is 3.33. The number of hydrogen-bond acceptors (Lipinski definition) is 7. The summed E-state index contributed by atoms with van der Waals surface area (Å²) in [4.78, 5) is 20.7. The number of halogens is 3. The van der Waals surface area contributed by atoms with Crippen molar-refractivity contribution >= 4 is 33.0 Å². The predicted molar refractivity (Wildman–Crippen MR) is 111 cm³/mol. The fourth-order valence-corrected chi connectivity index (χ4v) is 5.48. The highest BCUT2D eigenvalue weighted by Gasteiger charge is 2.46. The first-order chi connectivity index (χ1) is 15.0. The zero-order valence-electron chi connectivity index (χ0n) is 16.6. The molecule has 0 bridgehead atoms. The summed E-state index contributed by atoms with van der Waals surface area (Å²) >= 11 is 5.85. The van der Waals surface area contributed by atoms with E-state index >= 15 is 0 Å². The number of nitrogens with one attached hydrogen (secondary N) is 1. The molecular weight excluding hydrogens is 470 g/mol. The summed E-state index contributed by atoms with van der Waals surface area (Å²) in [6.07, 6.45) is 1.57. The Balaban J connectivity index is 1.52. The van der Waals surface area contributed by atoms with E-state index < -0.39 is 34.3 Å². The number of imidazole rings is 1. The second-order valence-corrected chi connectivity index (χ2v) is 10.1. The number of fused-ring (bicyclic) bond motifs is 1. The van der Waals surface area contributed by atoms with Crippen molar-refractivity contribution in [3.63, 3.8) is 0 Å². The molecule has 4 rings (SSSR count). The van der Waals surface area contributed by atoms with E-state index in [0.29, 0.717) is 5.65 Å². The zero-order valence-corrected chi connectivity index (χ0v) is 18.2. The van der Waals surface area contributed by atoms with Gasteiger partial charge in [-0.15, -0.1) is 0 Å². The summed E-state index contributed by atoms with van der Waals surface area (Å²) in [5.74, 6) is -0.590. The number of aromatic nitrogens is 3. The zero-order chi connectivity index (χ0) is 23.1. The second kappa shape index (κ2) is 8.17. The van der Waals surface area contributed by atoms with E-state index in [1.54, 1.807) is 19.1 Å². The van der Waals surface area contributed by atoms with E-state index in [2.05, 4.69) is 15.3 Å². The average molecular weight is 487 g/mol. The normalized spacial score (nSPS) is 16.5. The van der Waals surface area contributed by atoms with Crippen molar-refractivity contribution < 1.29 is 31.5 Å². The fraction of sp³-hybridized carbons (Fsp3) is 0.316. The molecule has 0 saturated carbocycles. The molecule has 1 saturated heterocycles. The minimum absolute atomic E-state index is 0.0488. The molecule has 1 amide bonds. The van der Waals surface area contributed by atoms with Crippen molar-refractivity contribution in [2.24, 2.45) is 0 Å². The molecule has 1 fully saturated rings. The van der Waals surface area contributed by atoms with Crippen LogP contribution in [0.25, 0.3) is 5.65 Å². The summed E-state index contributed by atoms with van der Waals surface area (Å²) in [5, 5.41) is 2.88. The molecule has 3 aromatic rings. The molecule has 9 nitrogen and oxygen atoms in total. The first-order valence-corrected chi connectivity index (χ1v) is 11.5. The van der Waals surface area contributed by atoms with Crippen LogP contribution in [-0.4, -0.2) is 58.8 Å². The van der Waals surface area contributed by atoms with Crippen molar-refractivity contribution in [2.75, 3.05) is 18.1 Å². The topological polar surface area (TPSA) is 112 Å². The maximum absolute atomic E-state index is 12.5. The standard InChI is InChI=1S/C19H17ClF2N4O5S/c1-19(9-32(28,29)10-19)25-17(27)13-7-26-6-12(2-3-16(26)24-13)31-18-14(30-8-15(21)22)4-11(20)5-23-18/h2-7,15H,8-10H2,1H3,(H,25,27). The molecule has 170 valence electrons. The van der Waals surface area contributed by atoms with Gasteiger partial charge in [-0.05, 0) is 19.1 Å². The highest BCUT2D eigenvalue weighted by Crippen LogP contribution is 2.32. The number of carbonyl (C=O) groups excluding carboxylic acids is 1. The van der Waals surface area contributed by atoms with Crippen LogP contribution < -0.4 is 14.8 Å². The van der Waals surface area contributed by atoms with Gasteiger partial charge < -0.3 is 19.2 Å². The third-order valence-corrected chi connectivity index (χ3v) is 6.87. The molecule has 1 N–H and O–H groups in total. The lowest BCUT2D eigenvalue weighted by molar-refractivity contribution is 0.0804. The van der Waals surface area contributed by atoms with Gasteiger partial charge in [0.05, 0.1) is 28.3 Å². The van der Waals surface area contributed by atoms with Crippen LogP contribution in [0.1, 0.15) is 17.4 Å². The number of pyridine rings is 2. The maximum Gasteiger partial charge on any atom is 0.272 e. The minimum atomic E-state index is -3.12. The Morgan fingerprint density at radius 1 is 1.34 bits per heavy atom. The van der Waals surface area contributed by atoms with E-state index in [4.69, 9.17) is 21.1 Å². The summed E-state index contributed by atoms with van der Waals surface area (Å²) in [5.41, 5.74) is -0.292. The SMILES string of the molecule is CC1(NC(=O)c2cn3cc(Oc4ncc(Cl)cc4OCC(F)F)ccc3n2)CS(=O)(=O)C1. The molecular formula is C19H17ClF2N4O5S. The summed E-state index contributed by atoms with van der Waals surface area (Å²) in [7, 11) is -3.12. The van der Waals surface area contributed by atoms with Crippen molar-refractivity contribution in [3.05, 3.63) is 47.5 Å². The van der Waals surface area contributed by atoms with Gasteiger partial charge in [-0.25, -0.2) is 27.2 Å². The summed E-state index contributed by atoms with van der Waals surface area (Å²) < 4.78 is 60.0. The number of carbonyl (C=O) groups is 1. The third-order valence-electron chi connectivity index (χ3n) is 4.51. The highest BCUT2D eigenvalue weighted by molar-refractivity contribution is 7.93. The smallest absolute Gasteiger partial charge is 0.272 e. The van der Waals surface area contributed by atoms with E-state index in [1.807, 2.05) is 0 Å². The number of sulfone groups is 1.